The van der Waals surface area contributed by atoms with E-state index in [0.717, 1.165) is 19.3 Å². The number of amides is 1. The number of rotatable bonds is 3. The molecule has 0 spiro atoms. The maximum Gasteiger partial charge on any atom is 0.234 e. The molecule has 1 aromatic rings. The lowest BCUT2D eigenvalue weighted by molar-refractivity contribution is -0.120. The number of halogens is 1. The first-order valence-electron chi connectivity index (χ1n) is 5.73. The summed E-state index contributed by atoms with van der Waals surface area (Å²) in [5.41, 5.74) is 0. The van der Waals surface area contributed by atoms with Gasteiger partial charge >= 0.3 is 0 Å². The molecule has 5 nitrogen and oxygen atoms in total. The van der Waals surface area contributed by atoms with Crippen LogP contribution in [-0.2, 0) is 4.79 Å². The van der Waals surface area contributed by atoms with Crippen molar-refractivity contribution in [3.63, 3.8) is 0 Å². The summed E-state index contributed by atoms with van der Waals surface area (Å²) < 4.78 is 4.96. The van der Waals surface area contributed by atoms with Gasteiger partial charge in [-0.1, -0.05) is 23.8 Å². The molecule has 1 aliphatic rings. The van der Waals surface area contributed by atoms with Crippen molar-refractivity contribution in [2.24, 2.45) is 5.92 Å². The fourth-order valence-electron chi connectivity index (χ4n) is 1.80. The standard InChI is InChI=1S/C12H14ClN3O2/c1-18-10-7-9(13)14-12(15-10)16-11(17)8-5-3-2-4-6-8/h2-3,7-8H,4-6H2,1H3,(H,14,15,16,17). The van der Waals surface area contributed by atoms with E-state index in [4.69, 9.17) is 16.3 Å². The fourth-order valence-corrected chi connectivity index (χ4v) is 1.97. The lowest BCUT2D eigenvalue weighted by atomic mass is 9.94. The molecule has 1 aliphatic carbocycles. The molecule has 0 radical (unpaired) electrons. The van der Waals surface area contributed by atoms with Gasteiger partial charge in [-0.2, -0.15) is 4.98 Å². The minimum Gasteiger partial charge on any atom is -0.481 e. The highest BCUT2D eigenvalue weighted by molar-refractivity contribution is 6.29. The summed E-state index contributed by atoms with van der Waals surface area (Å²) in [4.78, 5) is 19.9. The highest BCUT2D eigenvalue weighted by atomic mass is 35.5. The summed E-state index contributed by atoms with van der Waals surface area (Å²) in [6.07, 6.45) is 6.64. The van der Waals surface area contributed by atoms with Crippen LogP contribution in [0.1, 0.15) is 19.3 Å². The van der Waals surface area contributed by atoms with Gasteiger partial charge in [-0.25, -0.2) is 4.98 Å². The molecule has 6 heteroatoms. The number of anilines is 1. The van der Waals surface area contributed by atoms with Crippen LogP contribution in [0.2, 0.25) is 5.15 Å². The maximum atomic E-state index is 12.0. The number of hydrogen-bond acceptors (Lipinski definition) is 4. The number of carbonyl (C=O) groups excluding carboxylic acids is 1. The first kappa shape index (κ1) is 12.8. The smallest absolute Gasteiger partial charge is 0.234 e. The van der Waals surface area contributed by atoms with Crippen LogP contribution in [-0.4, -0.2) is 23.0 Å². The summed E-state index contributed by atoms with van der Waals surface area (Å²) in [6.45, 7) is 0. The van der Waals surface area contributed by atoms with Gasteiger partial charge in [-0.05, 0) is 19.3 Å². The highest BCUT2D eigenvalue weighted by Crippen LogP contribution is 2.21. The molecule has 1 heterocycles. The van der Waals surface area contributed by atoms with Crippen molar-refractivity contribution in [1.29, 1.82) is 0 Å². The average Bonchev–Trinajstić information content (AvgIpc) is 2.39. The van der Waals surface area contributed by atoms with E-state index in [1.165, 1.54) is 13.2 Å². The number of allylic oxidation sites excluding steroid dienone is 2. The molecule has 1 unspecified atom stereocenters. The molecule has 0 aliphatic heterocycles. The van der Waals surface area contributed by atoms with E-state index < -0.39 is 0 Å². The molecule has 0 bridgehead atoms. The second kappa shape index (κ2) is 5.82. The third kappa shape index (κ3) is 3.20. The van der Waals surface area contributed by atoms with Crippen molar-refractivity contribution in [3.05, 3.63) is 23.4 Å². The van der Waals surface area contributed by atoms with Crippen LogP contribution in [0.5, 0.6) is 5.88 Å². The van der Waals surface area contributed by atoms with Crippen molar-refractivity contribution in [1.82, 2.24) is 9.97 Å². The van der Waals surface area contributed by atoms with Crippen LogP contribution < -0.4 is 10.1 Å². The molecular formula is C12H14ClN3O2. The van der Waals surface area contributed by atoms with E-state index in [1.807, 2.05) is 6.08 Å². The van der Waals surface area contributed by atoms with Crippen LogP contribution in [0.25, 0.3) is 0 Å². The van der Waals surface area contributed by atoms with Gasteiger partial charge in [0, 0.05) is 12.0 Å². The van der Waals surface area contributed by atoms with Gasteiger partial charge in [-0.15, -0.1) is 0 Å². The van der Waals surface area contributed by atoms with Crippen molar-refractivity contribution >= 4 is 23.5 Å². The number of ether oxygens (including phenoxy) is 1. The van der Waals surface area contributed by atoms with E-state index in [9.17, 15) is 4.79 Å². The quantitative estimate of drug-likeness (QED) is 0.675. The Morgan fingerprint density at radius 1 is 1.50 bits per heavy atom. The summed E-state index contributed by atoms with van der Waals surface area (Å²) in [5, 5.41) is 2.90. The van der Waals surface area contributed by atoms with Gasteiger partial charge in [0.15, 0.2) is 0 Å². The van der Waals surface area contributed by atoms with Crippen molar-refractivity contribution < 1.29 is 9.53 Å². The SMILES string of the molecule is COc1cc(Cl)nc(NC(=O)C2CC=CCC2)n1. The Bertz CT molecular complexity index is 476. The molecule has 0 fully saturated rings. The summed E-state index contributed by atoms with van der Waals surface area (Å²) in [6, 6.07) is 1.49. The summed E-state index contributed by atoms with van der Waals surface area (Å²) >= 11 is 5.80. The third-order valence-electron chi connectivity index (χ3n) is 2.76. The average molecular weight is 268 g/mol. The molecule has 18 heavy (non-hydrogen) atoms. The lowest BCUT2D eigenvalue weighted by Gasteiger charge is -2.16. The van der Waals surface area contributed by atoms with Gasteiger partial charge in [0.25, 0.3) is 0 Å². The van der Waals surface area contributed by atoms with Crippen molar-refractivity contribution in [2.45, 2.75) is 19.3 Å². The zero-order valence-electron chi connectivity index (χ0n) is 10.0. The Balaban J connectivity index is 2.06. The number of carbonyl (C=O) groups is 1. The minimum atomic E-state index is -0.0799. The molecule has 0 aromatic carbocycles. The molecule has 96 valence electrons. The summed E-state index contributed by atoms with van der Waals surface area (Å²) in [7, 11) is 1.48. The van der Waals surface area contributed by atoms with E-state index in [-0.39, 0.29) is 22.9 Å². The van der Waals surface area contributed by atoms with E-state index in [0.29, 0.717) is 5.88 Å². The highest BCUT2D eigenvalue weighted by Gasteiger charge is 2.19. The van der Waals surface area contributed by atoms with Gasteiger partial charge in [-0.3, -0.25) is 10.1 Å². The topological polar surface area (TPSA) is 64.1 Å². The van der Waals surface area contributed by atoms with Gasteiger partial charge in [0.05, 0.1) is 7.11 Å². The zero-order chi connectivity index (χ0) is 13.0. The Morgan fingerprint density at radius 3 is 3.00 bits per heavy atom. The molecular weight excluding hydrogens is 254 g/mol. The maximum absolute atomic E-state index is 12.0. The van der Waals surface area contributed by atoms with E-state index in [1.54, 1.807) is 0 Å². The normalized spacial score (nSPS) is 18.4. The molecule has 1 aromatic heterocycles. The zero-order valence-corrected chi connectivity index (χ0v) is 10.8. The monoisotopic (exact) mass is 267 g/mol. The predicted molar refractivity (Wildman–Crippen MR) is 68.7 cm³/mol. The van der Waals surface area contributed by atoms with Crippen LogP contribution in [0, 0.1) is 5.92 Å². The molecule has 1 N–H and O–H groups in total. The lowest BCUT2D eigenvalue weighted by Crippen LogP contribution is -2.24. The molecule has 0 saturated carbocycles. The second-order valence-corrected chi connectivity index (χ2v) is 4.41. The Kier molecular flexibility index (Phi) is 4.15. The van der Waals surface area contributed by atoms with Gasteiger partial charge in [0.2, 0.25) is 17.7 Å². The first-order valence-corrected chi connectivity index (χ1v) is 6.11. The number of hydrogen-bond donors (Lipinski definition) is 1. The van der Waals surface area contributed by atoms with Crippen LogP contribution in [0.4, 0.5) is 5.95 Å². The number of aromatic nitrogens is 2. The second-order valence-electron chi connectivity index (χ2n) is 4.03. The number of nitrogens with one attached hydrogen (secondary N) is 1. The van der Waals surface area contributed by atoms with E-state index >= 15 is 0 Å². The fraction of sp³-hybridized carbons (Fsp3) is 0.417. The van der Waals surface area contributed by atoms with Crippen LogP contribution in [0.3, 0.4) is 0 Å². The third-order valence-corrected chi connectivity index (χ3v) is 2.95. The number of nitrogens with zero attached hydrogens (tertiary/aromatic N) is 2. The van der Waals surface area contributed by atoms with Crippen molar-refractivity contribution in [3.8, 4) is 5.88 Å². The first-order chi connectivity index (χ1) is 8.69. The molecule has 0 saturated heterocycles. The van der Waals surface area contributed by atoms with Crippen molar-refractivity contribution in [2.75, 3.05) is 12.4 Å². The predicted octanol–water partition coefficient (Wildman–Crippen LogP) is 2.43. The Hall–Kier alpha value is -1.62. The number of methoxy groups -OCH3 is 1. The van der Waals surface area contributed by atoms with Gasteiger partial charge < -0.3 is 4.74 Å². The molecule has 1 atom stereocenters. The minimum absolute atomic E-state index is 0.0245. The van der Waals surface area contributed by atoms with Crippen LogP contribution in [0.15, 0.2) is 18.2 Å². The summed E-state index contributed by atoms with van der Waals surface area (Å²) in [5.74, 6) is 0.403. The van der Waals surface area contributed by atoms with Crippen LogP contribution >= 0.6 is 11.6 Å². The molecule has 2 rings (SSSR count). The Morgan fingerprint density at radius 2 is 2.33 bits per heavy atom. The largest absolute Gasteiger partial charge is 0.481 e. The van der Waals surface area contributed by atoms with Gasteiger partial charge in [0.1, 0.15) is 5.15 Å². The molecule has 1 amide bonds. The Labute approximate surface area is 110 Å². The van der Waals surface area contributed by atoms with E-state index in [2.05, 4.69) is 21.4 Å².